The van der Waals surface area contributed by atoms with E-state index in [-0.39, 0.29) is 41.4 Å². The second kappa shape index (κ2) is 8.19. The molecule has 5 aliphatic rings. The number of hydrogen-bond donors (Lipinski definition) is 1. The molecule has 1 N–H and O–H groups in total. The van der Waals surface area contributed by atoms with Crippen molar-refractivity contribution in [1.82, 2.24) is 4.90 Å². The first kappa shape index (κ1) is 21.8. The summed E-state index contributed by atoms with van der Waals surface area (Å²) in [5.41, 5.74) is 2.64. The number of rotatable bonds is 6. The SMILES string of the molecule is CCc1cc(Br)ccc1NC(=O)[C@H](Cc1ccccc1)N1C(=O)[C@H]2[C@@H]3C=C[C@H]([C@H]4C[C@H]34)[C@@H]2C1=O. The Labute approximate surface area is 207 Å². The Hall–Kier alpha value is -2.73. The lowest BCUT2D eigenvalue weighted by Crippen LogP contribution is -2.49. The minimum Gasteiger partial charge on any atom is -0.324 e. The normalized spacial score (nSPS) is 31.3. The van der Waals surface area contributed by atoms with Crippen molar-refractivity contribution in [3.63, 3.8) is 0 Å². The molecule has 6 heteroatoms. The fourth-order valence-electron chi connectivity index (χ4n) is 6.62. The molecular weight excluding hydrogens is 492 g/mol. The number of nitrogens with one attached hydrogen (secondary N) is 1. The van der Waals surface area contributed by atoms with Gasteiger partial charge in [-0.2, -0.15) is 0 Å². The van der Waals surface area contributed by atoms with Gasteiger partial charge in [0.1, 0.15) is 6.04 Å². The molecule has 2 bridgehead atoms. The van der Waals surface area contributed by atoms with Gasteiger partial charge in [-0.25, -0.2) is 0 Å². The third-order valence-corrected chi connectivity index (χ3v) is 8.78. The highest BCUT2D eigenvalue weighted by Gasteiger charge is 2.67. The van der Waals surface area contributed by atoms with Crippen LogP contribution in [0.1, 0.15) is 24.5 Å². The van der Waals surface area contributed by atoms with Crippen LogP contribution in [0.3, 0.4) is 0 Å². The fourth-order valence-corrected chi connectivity index (χ4v) is 7.03. The van der Waals surface area contributed by atoms with E-state index in [9.17, 15) is 14.4 Å². The summed E-state index contributed by atoms with van der Waals surface area (Å²) in [5, 5.41) is 3.04. The molecule has 34 heavy (non-hydrogen) atoms. The van der Waals surface area contributed by atoms with E-state index in [0.29, 0.717) is 23.9 Å². The molecule has 3 amide bonds. The highest BCUT2D eigenvalue weighted by atomic mass is 79.9. The Bertz CT molecular complexity index is 1170. The van der Waals surface area contributed by atoms with Crippen molar-refractivity contribution in [3.8, 4) is 0 Å². The summed E-state index contributed by atoms with van der Waals surface area (Å²) < 4.78 is 0.943. The molecule has 2 aromatic carbocycles. The van der Waals surface area contributed by atoms with Gasteiger partial charge in [-0.05, 0) is 65.8 Å². The van der Waals surface area contributed by atoms with E-state index >= 15 is 0 Å². The van der Waals surface area contributed by atoms with Gasteiger partial charge in [0, 0.05) is 16.6 Å². The summed E-state index contributed by atoms with van der Waals surface area (Å²) in [6, 6.07) is 14.5. The van der Waals surface area contributed by atoms with Gasteiger partial charge >= 0.3 is 0 Å². The fraction of sp³-hybridized carbons (Fsp3) is 0.393. The zero-order valence-corrected chi connectivity index (χ0v) is 20.6. The Kier molecular flexibility index (Phi) is 5.25. The van der Waals surface area contributed by atoms with E-state index < -0.39 is 6.04 Å². The summed E-state index contributed by atoms with van der Waals surface area (Å²) in [7, 11) is 0. The van der Waals surface area contributed by atoms with Crippen molar-refractivity contribution in [2.75, 3.05) is 5.32 Å². The van der Waals surface area contributed by atoms with E-state index in [1.165, 1.54) is 4.90 Å². The van der Waals surface area contributed by atoms with Gasteiger partial charge < -0.3 is 5.32 Å². The van der Waals surface area contributed by atoms with Crippen molar-refractivity contribution in [2.24, 2.45) is 35.5 Å². The highest BCUT2D eigenvalue weighted by molar-refractivity contribution is 9.10. The van der Waals surface area contributed by atoms with Gasteiger partial charge in [0.15, 0.2) is 0 Å². The maximum atomic E-state index is 13.7. The smallest absolute Gasteiger partial charge is 0.248 e. The first-order valence-corrected chi connectivity index (χ1v) is 13.0. The number of anilines is 1. The average Bonchev–Trinajstić information content (AvgIpc) is 3.63. The number of nitrogens with zero attached hydrogens (tertiary/aromatic N) is 1. The third kappa shape index (κ3) is 3.37. The molecule has 7 rings (SSSR count). The number of halogens is 1. The second-order valence-electron chi connectivity index (χ2n) is 10.1. The number of imide groups is 1. The Morgan fingerprint density at radius 2 is 1.68 bits per heavy atom. The Balaban J connectivity index is 1.34. The number of allylic oxidation sites excluding steroid dienone is 2. The van der Waals surface area contributed by atoms with Crippen LogP contribution in [0.15, 0.2) is 65.2 Å². The predicted octanol–water partition coefficient (Wildman–Crippen LogP) is 4.61. The molecule has 174 valence electrons. The molecule has 0 aromatic heterocycles. The second-order valence-corrected chi connectivity index (χ2v) is 11.0. The summed E-state index contributed by atoms with van der Waals surface area (Å²) in [5.74, 6) is 0.0808. The molecular formula is C28H27BrN2O3. The predicted molar refractivity (Wildman–Crippen MR) is 133 cm³/mol. The van der Waals surface area contributed by atoms with Crippen LogP contribution >= 0.6 is 15.9 Å². The summed E-state index contributed by atoms with van der Waals surface area (Å²) in [6.07, 6.45) is 6.50. The Morgan fingerprint density at radius 3 is 2.29 bits per heavy atom. The first-order chi connectivity index (χ1) is 16.5. The van der Waals surface area contributed by atoms with Gasteiger partial charge in [-0.3, -0.25) is 19.3 Å². The van der Waals surface area contributed by atoms with Crippen LogP contribution in [-0.2, 0) is 27.2 Å². The zero-order valence-electron chi connectivity index (χ0n) is 19.0. The van der Waals surface area contributed by atoms with Crippen molar-refractivity contribution in [2.45, 2.75) is 32.2 Å². The van der Waals surface area contributed by atoms with Crippen LogP contribution in [0.5, 0.6) is 0 Å². The van der Waals surface area contributed by atoms with Crippen LogP contribution in [0.4, 0.5) is 5.69 Å². The number of hydrogen-bond acceptors (Lipinski definition) is 3. The van der Waals surface area contributed by atoms with E-state index in [4.69, 9.17) is 0 Å². The van der Waals surface area contributed by atoms with Crippen LogP contribution in [0.25, 0.3) is 0 Å². The van der Waals surface area contributed by atoms with E-state index in [1.54, 1.807) is 0 Å². The van der Waals surface area contributed by atoms with Gasteiger partial charge in [0.25, 0.3) is 0 Å². The summed E-state index contributed by atoms with van der Waals surface area (Å²) >= 11 is 3.49. The quantitative estimate of drug-likeness (QED) is 0.448. The molecule has 4 aliphatic carbocycles. The standard InChI is InChI=1S/C28H27BrN2O3/c1-2-16-13-17(29)8-11-22(16)30-26(32)23(12-15-6-4-3-5-7-15)31-27(33)24-18-9-10-19(21-14-20(18)21)25(24)28(31)34/h3-11,13,18-21,23-25H,2,12,14H2,1H3,(H,30,32)/t18-,19-,20-,21-,23+,24+,25+/m1/s1. The molecule has 7 atom stereocenters. The van der Waals surface area contributed by atoms with Crippen LogP contribution < -0.4 is 5.32 Å². The van der Waals surface area contributed by atoms with E-state index in [2.05, 4.69) is 33.4 Å². The summed E-state index contributed by atoms with van der Waals surface area (Å²) in [4.78, 5) is 42.5. The van der Waals surface area contributed by atoms with Gasteiger partial charge in [0.2, 0.25) is 17.7 Å². The third-order valence-electron chi connectivity index (χ3n) is 8.29. The van der Waals surface area contributed by atoms with Gasteiger partial charge in [-0.1, -0.05) is 65.3 Å². The van der Waals surface area contributed by atoms with E-state index in [0.717, 1.165) is 28.4 Å². The molecule has 1 saturated heterocycles. The molecule has 1 aliphatic heterocycles. The highest BCUT2D eigenvalue weighted by Crippen LogP contribution is 2.65. The van der Waals surface area contributed by atoms with Crippen molar-refractivity contribution >= 4 is 39.3 Å². The molecule has 3 fully saturated rings. The lowest BCUT2D eigenvalue weighted by atomic mass is 9.63. The number of carbonyl (C=O) groups is 3. The molecule has 0 unspecified atom stereocenters. The summed E-state index contributed by atoms with van der Waals surface area (Å²) in [6.45, 7) is 2.03. The topological polar surface area (TPSA) is 66.5 Å². The Morgan fingerprint density at radius 1 is 1.03 bits per heavy atom. The number of amides is 3. The molecule has 2 saturated carbocycles. The molecule has 0 spiro atoms. The van der Waals surface area contributed by atoms with Crippen molar-refractivity contribution < 1.29 is 14.4 Å². The largest absolute Gasteiger partial charge is 0.324 e. The number of carbonyl (C=O) groups excluding carboxylic acids is 3. The molecule has 0 radical (unpaired) electrons. The maximum Gasteiger partial charge on any atom is 0.248 e. The van der Waals surface area contributed by atoms with E-state index in [1.807, 2.05) is 55.5 Å². The lowest BCUT2D eigenvalue weighted by Gasteiger charge is -2.37. The lowest BCUT2D eigenvalue weighted by molar-refractivity contribution is -0.146. The van der Waals surface area contributed by atoms with Crippen molar-refractivity contribution in [3.05, 3.63) is 76.3 Å². The average molecular weight is 519 g/mol. The minimum atomic E-state index is -0.878. The number of benzene rings is 2. The zero-order chi connectivity index (χ0) is 23.6. The van der Waals surface area contributed by atoms with Gasteiger partial charge in [-0.15, -0.1) is 0 Å². The first-order valence-electron chi connectivity index (χ1n) is 12.2. The number of aryl methyl sites for hydroxylation is 1. The number of likely N-dealkylation sites (tertiary alicyclic amines) is 1. The molecule has 5 nitrogen and oxygen atoms in total. The molecule has 2 aromatic rings. The van der Waals surface area contributed by atoms with Crippen LogP contribution in [0, 0.1) is 35.5 Å². The minimum absolute atomic E-state index is 0.139. The molecule has 1 heterocycles. The van der Waals surface area contributed by atoms with Gasteiger partial charge in [0.05, 0.1) is 11.8 Å². The van der Waals surface area contributed by atoms with Crippen LogP contribution in [-0.4, -0.2) is 28.7 Å². The maximum absolute atomic E-state index is 13.7. The van der Waals surface area contributed by atoms with Crippen molar-refractivity contribution in [1.29, 1.82) is 0 Å². The van der Waals surface area contributed by atoms with Crippen LogP contribution in [0.2, 0.25) is 0 Å². The monoisotopic (exact) mass is 518 g/mol.